The number of amides is 1. The zero-order chi connectivity index (χ0) is 15.1. The number of hydrogen-bond acceptors (Lipinski definition) is 3. The first-order valence-corrected chi connectivity index (χ1v) is 7.12. The van der Waals surface area contributed by atoms with Crippen LogP contribution in [0.25, 0.3) is 0 Å². The summed E-state index contributed by atoms with van der Waals surface area (Å²) in [6.07, 6.45) is 1.41. The highest BCUT2D eigenvalue weighted by atomic mass is 19.1. The van der Waals surface area contributed by atoms with Gasteiger partial charge in [0.1, 0.15) is 11.6 Å². The van der Waals surface area contributed by atoms with Crippen molar-refractivity contribution in [3.8, 4) is 0 Å². The molecule has 1 heterocycles. The van der Waals surface area contributed by atoms with Crippen LogP contribution in [0.5, 0.6) is 0 Å². The smallest absolute Gasteiger partial charge is 0.255 e. The number of benzene rings is 1. The van der Waals surface area contributed by atoms with Crippen molar-refractivity contribution < 1.29 is 18.8 Å². The largest absolute Gasteiger partial charge is 0.324 e. The zero-order valence-corrected chi connectivity index (χ0v) is 11.8. The summed E-state index contributed by atoms with van der Waals surface area (Å²) in [5.74, 6) is -0.836. The lowest BCUT2D eigenvalue weighted by Gasteiger charge is -2.25. The van der Waals surface area contributed by atoms with Gasteiger partial charge in [0.15, 0.2) is 5.78 Å². The monoisotopic (exact) mass is 289 g/mol. The van der Waals surface area contributed by atoms with Gasteiger partial charge in [-0.3, -0.25) is 14.4 Å². The highest BCUT2D eigenvalue weighted by Gasteiger charge is 2.38. The Hall–Kier alpha value is -2.04. The lowest BCUT2D eigenvalue weighted by atomic mass is 10.0. The minimum Gasteiger partial charge on any atom is -0.324 e. The third kappa shape index (κ3) is 2.26. The van der Waals surface area contributed by atoms with Gasteiger partial charge < -0.3 is 4.90 Å². The van der Waals surface area contributed by atoms with E-state index in [1.807, 2.05) is 0 Å². The second kappa shape index (κ2) is 5.06. The number of hydrogen-bond donors (Lipinski definition) is 0. The predicted molar refractivity (Wildman–Crippen MR) is 73.3 cm³/mol. The van der Waals surface area contributed by atoms with E-state index in [0.717, 1.165) is 0 Å². The minimum atomic E-state index is -0.557. The lowest BCUT2D eigenvalue weighted by molar-refractivity contribution is -0.128. The number of rotatable bonds is 1. The van der Waals surface area contributed by atoms with E-state index in [1.54, 1.807) is 6.92 Å². The van der Waals surface area contributed by atoms with Crippen molar-refractivity contribution in [3.63, 3.8) is 0 Å². The minimum absolute atomic E-state index is 0.0612. The van der Waals surface area contributed by atoms with Crippen LogP contribution in [0.4, 0.5) is 4.39 Å². The zero-order valence-electron chi connectivity index (χ0n) is 11.8. The molecule has 1 fully saturated rings. The number of halogens is 1. The molecule has 1 amide bonds. The molecule has 1 aliphatic heterocycles. The van der Waals surface area contributed by atoms with Gasteiger partial charge in [0.25, 0.3) is 5.91 Å². The Morgan fingerprint density at radius 3 is 2.76 bits per heavy atom. The number of Topliss-reactive ketones (excluding diaryl/α,β-unsaturated/α-hetero) is 2. The highest BCUT2D eigenvalue weighted by molar-refractivity contribution is 6.06. The van der Waals surface area contributed by atoms with Crippen LogP contribution in [0.2, 0.25) is 0 Å². The van der Waals surface area contributed by atoms with E-state index < -0.39 is 6.04 Å². The molecular weight excluding hydrogens is 273 g/mol. The maximum atomic E-state index is 13.6. The van der Waals surface area contributed by atoms with E-state index in [-0.39, 0.29) is 36.3 Å². The number of fused-ring (bicyclic) bond motifs is 1. The molecule has 1 saturated carbocycles. The number of carbonyl (C=O) groups excluding carboxylic acids is 3. The molecule has 0 bridgehead atoms. The van der Waals surface area contributed by atoms with Crippen molar-refractivity contribution in [1.29, 1.82) is 0 Å². The molecule has 21 heavy (non-hydrogen) atoms. The average molecular weight is 289 g/mol. The molecule has 0 aromatic heterocycles. The van der Waals surface area contributed by atoms with E-state index >= 15 is 0 Å². The van der Waals surface area contributed by atoms with Crippen molar-refractivity contribution in [1.82, 2.24) is 4.90 Å². The van der Waals surface area contributed by atoms with E-state index in [4.69, 9.17) is 0 Å². The molecule has 0 spiro atoms. The summed E-state index contributed by atoms with van der Waals surface area (Å²) in [6, 6.07) is 2.21. The van der Waals surface area contributed by atoms with Gasteiger partial charge in [-0.05, 0) is 43.0 Å². The third-order valence-electron chi connectivity index (χ3n) is 4.40. The summed E-state index contributed by atoms with van der Waals surface area (Å²) < 4.78 is 13.6. The first-order valence-electron chi connectivity index (χ1n) is 7.12. The first-order chi connectivity index (χ1) is 9.99. The Bertz CT molecular complexity index is 653. The fourth-order valence-electron chi connectivity index (χ4n) is 3.16. The summed E-state index contributed by atoms with van der Waals surface area (Å²) >= 11 is 0. The van der Waals surface area contributed by atoms with Gasteiger partial charge in [-0.2, -0.15) is 0 Å². The molecule has 1 atom stereocenters. The fraction of sp³-hybridized carbons (Fsp3) is 0.438. The van der Waals surface area contributed by atoms with Crippen LogP contribution in [0.15, 0.2) is 12.1 Å². The third-order valence-corrected chi connectivity index (χ3v) is 4.40. The van der Waals surface area contributed by atoms with Crippen molar-refractivity contribution >= 4 is 17.5 Å². The molecule has 1 aromatic rings. The van der Waals surface area contributed by atoms with Gasteiger partial charge in [-0.1, -0.05) is 0 Å². The van der Waals surface area contributed by atoms with Crippen LogP contribution in [0.1, 0.15) is 47.2 Å². The van der Waals surface area contributed by atoms with E-state index in [0.29, 0.717) is 36.0 Å². The molecule has 110 valence electrons. The average Bonchev–Trinajstić information content (AvgIpc) is 2.66. The van der Waals surface area contributed by atoms with E-state index in [2.05, 4.69) is 0 Å². The molecule has 0 saturated heterocycles. The summed E-state index contributed by atoms with van der Waals surface area (Å²) in [5, 5.41) is 0. The van der Waals surface area contributed by atoms with Gasteiger partial charge in [0.2, 0.25) is 0 Å². The molecule has 0 radical (unpaired) electrons. The molecule has 3 rings (SSSR count). The summed E-state index contributed by atoms with van der Waals surface area (Å²) in [7, 11) is 0. The molecule has 0 N–H and O–H groups in total. The topological polar surface area (TPSA) is 54.5 Å². The second-order valence-electron chi connectivity index (χ2n) is 5.72. The normalized spacial score (nSPS) is 22.5. The van der Waals surface area contributed by atoms with E-state index in [9.17, 15) is 18.8 Å². The fourth-order valence-corrected chi connectivity index (χ4v) is 3.16. The summed E-state index contributed by atoms with van der Waals surface area (Å²) in [5.41, 5.74) is 1.58. The van der Waals surface area contributed by atoms with Crippen LogP contribution < -0.4 is 0 Å². The number of ketones is 2. The summed E-state index contributed by atoms with van der Waals surface area (Å²) in [4.78, 5) is 37.6. The van der Waals surface area contributed by atoms with Gasteiger partial charge >= 0.3 is 0 Å². The molecule has 1 aliphatic carbocycles. The molecule has 5 heteroatoms. The van der Waals surface area contributed by atoms with Gasteiger partial charge in [0.05, 0.1) is 12.5 Å². The molecule has 4 nitrogen and oxygen atoms in total. The lowest BCUT2D eigenvalue weighted by Crippen LogP contribution is -2.41. The van der Waals surface area contributed by atoms with E-state index in [1.165, 1.54) is 17.0 Å². The Labute approximate surface area is 121 Å². The SMILES string of the molecule is Cc1c(F)ccc2c1CN([C@H]1CCCC(=O)CC1=O)C2=O. The van der Waals surface area contributed by atoms with Crippen molar-refractivity contribution in [2.24, 2.45) is 0 Å². The van der Waals surface area contributed by atoms with Crippen LogP contribution in [-0.4, -0.2) is 28.4 Å². The Balaban J connectivity index is 1.92. The number of nitrogens with zero attached hydrogens (tertiary/aromatic N) is 1. The van der Waals surface area contributed by atoms with Crippen molar-refractivity contribution in [2.75, 3.05) is 0 Å². The maximum Gasteiger partial charge on any atom is 0.255 e. The van der Waals surface area contributed by atoms with Crippen LogP contribution in [0, 0.1) is 12.7 Å². The van der Waals surface area contributed by atoms with Crippen LogP contribution >= 0.6 is 0 Å². The highest BCUT2D eigenvalue weighted by Crippen LogP contribution is 2.31. The van der Waals surface area contributed by atoms with Crippen LogP contribution in [-0.2, 0) is 16.1 Å². The van der Waals surface area contributed by atoms with Crippen LogP contribution in [0.3, 0.4) is 0 Å². The van der Waals surface area contributed by atoms with Gasteiger partial charge in [-0.25, -0.2) is 4.39 Å². The Morgan fingerprint density at radius 2 is 2.00 bits per heavy atom. The predicted octanol–water partition coefficient (Wildman–Crippen LogP) is 2.17. The second-order valence-corrected chi connectivity index (χ2v) is 5.72. The molecule has 2 aliphatic rings. The van der Waals surface area contributed by atoms with Crippen molar-refractivity contribution in [3.05, 3.63) is 34.6 Å². The van der Waals surface area contributed by atoms with Crippen molar-refractivity contribution in [2.45, 2.75) is 45.2 Å². The molecular formula is C16H16FNO3. The van der Waals surface area contributed by atoms with Gasteiger partial charge in [0, 0.05) is 18.5 Å². The maximum absolute atomic E-state index is 13.6. The Morgan fingerprint density at radius 1 is 1.24 bits per heavy atom. The standard InChI is InChI=1S/C16H16FNO3/c1-9-12-8-18(16(21)11(12)5-6-13(9)17)14-4-2-3-10(19)7-15(14)20/h5-6,14H,2-4,7-8H2,1H3/t14-/m0/s1. The molecule has 1 aromatic carbocycles. The first kappa shape index (κ1) is 13.9. The Kier molecular flexibility index (Phi) is 3.35. The number of carbonyl (C=O) groups is 3. The quantitative estimate of drug-likeness (QED) is 0.588. The van der Waals surface area contributed by atoms with Gasteiger partial charge in [-0.15, -0.1) is 0 Å². The summed E-state index contributed by atoms with van der Waals surface area (Å²) in [6.45, 7) is 1.89. The molecule has 0 unspecified atom stereocenters.